The lowest BCUT2D eigenvalue weighted by Crippen LogP contribution is -2.02. The molecule has 0 radical (unpaired) electrons. The van der Waals surface area contributed by atoms with Crippen molar-refractivity contribution in [3.63, 3.8) is 0 Å². The van der Waals surface area contributed by atoms with Gasteiger partial charge in [-0.3, -0.25) is 0 Å². The third-order valence-corrected chi connectivity index (χ3v) is 5.47. The van der Waals surface area contributed by atoms with Gasteiger partial charge in [0.2, 0.25) is 11.6 Å². The maximum atomic E-state index is 14.9. The van der Waals surface area contributed by atoms with Gasteiger partial charge in [-0.2, -0.15) is 8.78 Å². The molecule has 4 aromatic rings. The first-order valence-electron chi connectivity index (χ1n) is 10.9. The molecule has 0 aromatic heterocycles. The number of benzene rings is 4. The van der Waals surface area contributed by atoms with E-state index in [9.17, 15) is 17.6 Å². The van der Waals surface area contributed by atoms with Crippen LogP contribution in [0.1, 0.15) is 11.1 Å². The fourth-order valence-corrected chi connectivity index (χ4v) is 3.56. The van der Waals surface area contributed by atoms with E-state index in [0.717, 1.165) is 5.56 Å². The largest absolute Gasteiger partial charge is 0.486 e. The van der Waals surface area contributed by atoms with Crippen molar-refractivity contribution in [2.75, 3.05) is 6.61 Å². The van der Waals surface area contributed by atoms with Gasteiger partial charge in [-0.05, 0) is 35.7 Å². The number of hydrogen-bond acceptors (Lipinski definition) is 2. The molecular weight excluding hydrogens is 456 g/mol. The molecule has 0 unspecified atom stereocenters. The highest BCUT2D eigenvalue weighted by Gasteiger charge is 2.17. The van der Waals surface area contributed by atoms with Crippen LogP contribution in [0.25, 0.3) is 22.3 Å². The smallest absolute Gasteiger partial charge is 0.204 e. The minimum absolute atomic E-state index is 0.0437. The van der Waals surface area contributed by atoms with E-state index in [1.807, 2.05) is 19.1 Å². The maximum absolute atomic E-state index is 14.9. The van der Waals surface area contributed by atoms with Crippen molar-refractivity contribution >= 4 is 0 Å². The number of aryl methyl sites for hydroxylation is 1. The molecule has 0 spiro atoms. The normalized spacial score (nSPS) is 10.8. The molecule has 0 fully saturated rings. The first-order valence-corrected chi connectivity index (χ1v) is 10.9. The van der Waals surface area contributed by atoms with E-state index in [2.05, 4.69) is 6.58 Å². The summed E-state index contributed by atoms with van der Waals surface area (Å²) in [5.74, 6) is -4.67. The lowest BCUT2D eigenvalue weighted by Gasteiger charge is -2.12. The molecule has 4 aromatic carbocycles. The maximum Gasteiger partial charge on any atom is 0.204 e. The van der Waals surface area contributed by atoms with Crippen LogP contribution in [0.2, 0.25) is 0 Å². The Hall–Kier alpha value is -4.06. The number of rotatable bonds is 8. The van der Waals surface area contributed by atoms with Gasteiger partial charge in [0.05, 0.1) is 0 Å². The van der Waals surface area contributed by atoms with Gasteiger partial charge in [0, 0.05) is 11.1 Å². The van der Waals surface area contributed by atoms with Crippen molar-refractivity contribution < 1.29 is 27.0 Å². The van der Waals surface area contributed by atoms with Crippen molar-refractivity contribution in [1.29, 1.82) is 0 Å². The minimum Gasteiger partial charge on any atom is -0.486 e. The lowest BCUT2D eigenvalue weighted by atomic mass is 9.98. The third-order valence-electron chi connectivity index (χ3n) is 5.47. The molecule has 0 atom stereocenters. The highest BCUT2D eigenvalue weighted by molar-refractivity contribution is 5.72. The van der Waals surface area contributed by atoms with Gasteiger partial charge in [-0.1, -0.05) is 78.9 Å². The SMILES string of the molecule is C=CCOc1ccc(OCc2ccc(-c3ccc(-c4ccc(C)cc4)c(F)c3F)cc2)c(F)c1F. The summed E-state index contributed by atoms with van der Waals surface area (Å²) >= 11 is 0. The summed E-state index contributed by atoms with van der Waals surface area (Å²) in [5.41, 5.74) is 3.03. The van der Waals surface area contributed by atoms with Crippen LogP contribution < -0.4 is 9.47 Å². The fraction of sp³-hybridized carbons (Fsp3) is 0.103. The zero-order valence-electron chi connectivity index (χ0n) is 19.0. The van der Waals surface area contributed by atoms with E-state index < -0.39 is 23.3 Å². The van der Waals surface area contributed by atoms with Crippen molar-refractivity contribution in [2.45, 2.75) is 13.5 Å². The first-order chi connectivity index (χ1) is 16.9. The zero-order valence-corrected chi connectivity index (χ0v) is 19.0. The fourth-order valence-electron chi connectivity index (χ4n) is 3.56. The Morgan fingerprint density at radius 1 is 0.629 bits per heavy atom. The Labute approximate surface area is 201 Å². The van der Waals surface area contributed by atoms with E-state index in [0.29, 0.717) is 16.7 Å². The topological polar surface area (TPSA) is 18.5 Å². The van der Waals surface area contributed by atoms with Gasteiger partial charge in [0.25, 0.3) is 0 Å². The van der Waals surface area contributed by atoms with Crippen molar-refractivity contribution in [3.8, 4) is 33.8 Å². The molecule has 0 N–H and O–H groups in total. The van der Waals surface area contributed by atoms with Gasteiger partial charge >= 0.3 is 0 Å². The lowest BCUT2D eigenvalue weighted by molar-refractivity contribution is 0.277. The van der Waals surface area contributed by atoms with Gasteiger partial charge in [0.15, 0.2) is 23.1 Å². The Morgan fingerprint density at radius 3 is 1.63 bits per heavy atom. The van der Waals surface area contributed by atoms with Gasteiger partial charge in [0.1, 0.15) is 13.2 Å². The molecule has 35 heavy (non-hydrogen) atoms. The monoisotopic (exact) mass is 478 g/mol. The second-order valence-electron chi connectivity index (χ2n) is 7.93. The van der Waals surface area contributed by atoms with Crippen LogP contribution in [0.15, 0.2) is 85.5 Å². The van der Waals surface area contributed by atoms with E-state index >= 15 is 0 Å². The predicted octanol–water partition coefficient (Wildman–Crippen LogP) is 8.03. The van der Waals surface area contributed by atoms with Crippen LogP contribution in [-0.4, -0.2) is 6.61 Å². The molecular formula is C29H22F4O2. The summed E-state index contributed by atoms with van der Waals surface area (Å²) < 4.78 is 68.5. The zero-order chi connectivity index (χ0) is 24.9. The summed E-state index contributed by atoms with van der Waals surface area (Å²) in [4.78, 5) is 0. The minimum atomic E-state index is -1.16. The predicted molar refractivity (Wildman–Crippen MR) is 128 cm³/mol. The molecule has 0 bridgehead atoms. The van der Waals surface area contributed by atoms with Crippen molar-refractivity contribution in [3.05, 3.63) is 120 Å². The average Bonchev–Trinajstić information content (AvgIpc) is 2.87. The highest BCUT2D eigenvalue weighted by Crippen LogP contribution is 2.32. The molecule has 0 aliphatic heterocycles. The summed E-state index contributed by atoms with van der Waals surface area (Å²) in [7, 11) is 0. The number of hydrogen-bond donors (Lipinski definition) is 0. The molecule has 2 nitrogen and oxygen atoms in total. The van der Waals surface area contributed by atoms with Gasteiger partial charge < -0.3 is 9.47 Å². The summed E-state index contributed by atoms with van der Waals surface area (Å²) in [5, 5.41) is 0. The van der Waals surface area contributed by atoms with Crippen LogP contribution in [0.5, 0.6) is 11.5 Å². The molecule has 6 heteroatoms. The molecule has 4 rings (SSSR count). The second-order valence-corrected chi connectivity index (χ2v) is 7.93. The van der Waals surface area contributed by atoms with E-state index in [1.54, 1.807) is 42.5 Å². The number of ether oxygens (including phenoxy) is 2. The number of halogens is 4. The quantitative estimate of drug-likeness (QED) is 0.189. The molecule has 0 heterocycles. The Bertz CT molecular complexity index is 1350. The van der Waals surface area contributed by atoms with E-state index in [-0.39, 0.29) is 35.8 Å². The second kappa shape index (κ2) is 10.5. The molecule has 0 amide bonds. The molecule has 0 saturated carbocycles. The molecule has 178 valence electrons. The van der Waals surface area contributed by atoms with Crippen molar-refractivity contribution in [1.82, 2.24) is 0 Å². The first kappa shape index (κ1) is 24.1. The highest BCUT2D eigenvalue weighted by atomic mass is 19.2. The average molecular weight is 478 g/mol. The van der Waals surface area contributed by atoms with Crippen molar-refractivity contribution in [2.24, 2.45) is 0 Å². The molecule has 0 saturated heterocycles. The Kier molecular flexibility index (Phi) is 7.20. The third kappa shape index (κ3) is 5.22. The summed E-state index contributed by atoms with van der Waals surface area (Å²) in [6.45, 7) is 5.37. The molecule has 0 aliphatic carbocycles. The van der Waals surface area contributed by atoms with Crippen LogP contribution >= 0.6 is 0 Å². The van der Waals surface area contributed by atoms with Crippen LogP contribution in [0.3, 0.4) is 0 Å². The van der Waals surface area contributed by atoms with E-state index in [1.165, 1.54) is 24.3 Å². The summed E-state index contributed by atoms with van der Waals surface area (Å²) in [6, 6.07) is 19.3. The van der Waals surface area contributed by atoms with Crippen LogP contribution in [-0.2, 0) is 6.61 Å². The Balaban J connectivity index is 1.49. The molecule has 0 aliphatic rings. The summed E-state index contributed by atoms with van der Waals surface area (Å²) in [6.07, 6.45) is 1.42. The van der Waals surface area contributed by atoms with Crippen LogP contribution in [0, 0.1) is 30.2 Å². The van der Waals surface area contributed by atoms with Gasteiger partial charge in [-0.15, -0.1) is 0 Å². The Morgan fingerprint density at radius 2 is 1.11 bits per heavy atom. The standard InChI is InChI=1S/C29H22F4O2/c1-3-16-34-24-14-15-25(29(33)28(24)32)35-17-19-6-10-21(11-7-19)23-13-12-22(26(30)27(23)31)20-8-4-18(2)5-9-20/h3-15H,1,16-17H2,2H3. The van der Waals surface area contributed by atoms with Gasteiger partial charge in [-0.25, -0.2) is 8.78 Å². The van der Waals surface area contributed by atoms with Crippen LogP contribution in [0.4, 0.5) is 17.6 Å². The van der Waals surface area contributed by atoms with E-state index in [4.69, 9.17) is 9.47 Å².